The van der Waals surface area contributed by atoms with Gasteiger partial charge in [-0.2, -0.15) is 0 Å². The Labute approximate surface area is 178 Å². The van der Waals surface area contributed by atoms with Crippen molar-refractivity contribution < 1.29 is 29.3 Å². The van der Waals surface area contributed by atoms with Gasteiger partial charge in [-0.3, -0.25) is 4.79 Å². The molecule has 160 valence electrons. The second-order valence-corrected chi connectivity index (χ2v) is 7.03. The van der Waals surface area contributed by atoms with Crippen LogP contribution in [0.4, 0.5) is 4.79 Å². The number of rotatable bonds is 9. The van der Waals surface area contributed by atoms with E-state index in [-0.39, 0.29) is 13.0 Å². The zero-order valence-corrected chi connectivity index (χ0v) is 17.0. The van der Waals surface area contributed by atoms with Crippen molar-refractivity contribution in [3.63, 3.8) is 0 Å². The van der Waals surface area contributed by atoms with Crippen molar-refractivity contribution in [2.75, 3.05) is 0 Å². The van der Waals surface area contributed by atoms with Gasteiger partial charge in [-0.1, -0.05) is 60.1 Å². The Hall–Kier alpha value is -3.10. The van der Waals surface area contributed by atoms with E-state index in [4.69, 9.17) is 16.3 Å². The number of nitrogens with one attached hydrogen (secondary N) is 2. The molecule has 0 radical (unpaired) electrons. The van der Waals surface area contributed by atoms with Crippen LogP contribution in [0.1, 0.15) is 18.1 Å². The molecule has 0 aliphatic rings. The molecule has 0 aliphatic carbocycles. The van der Waals surface area contributed by atoms with Crippen LogP contribution in [-0.2, 0) is 27.4 Å². The summed E-state index contributed by atoms with van der Waals surface area (Å²) in [5.74, 6) is -2.14. The maximum atomic E-state index is 12.5. The summed E-state index contributed by atoms with van der Waals surface area (Å²) < 4.78 is 5.05. The Morgan fingerprint density at radius 1 is 1.03 bits per heavy atom. The zero-order valence-electron chi connectivity index (χ0n) is 16.2. The van der Waals surface area contributed by atoms with E-state index in [9.17, 15) is 24.6 Å². The number of halogens is 1. The minimum atomic E-state index is -1.40. The Morgan fingerprint density at radius 2 is 1.67 bits per heavy atom. The van der Waals surface area contributed by atoms with E-state index >= 15 is 0 Å². The number of benzene rings is 2. The van der Waals surface area contributed by atoms with Gasteiger partial charge in [0.2, 0.25) is 5.91 Å². The van der Waals surface area contributed by atoms with Crippen molar-refractivity contribution in [2.45, 2.75) is 38.1 Å². The van der Waals surface area contributed by atoms with Crippen molar-refractivity contribution >= 4 is 29.6 Å². The van der Waals surface area contributed by atoms with Gasteiger partial charge in [-0.25, -0.2) is 9.59 Å². The molecule has 0 saturated heterocycles. The lowest BCUT2D eigenvalue weighted by Gasteiger charge is -2.23. The van der Waals surface area contributed by atoms with E-state index < -0.39 is 36.2 Å². The van der Waals surface area contributed by atoms with Gasteiger partial charge >= 0.3 is 12.1 Å². The first-order valence-electron chi connectivity index (χ1n) is 9.19. The molecule has 0 aromatic heterocycles. The molecule has 0 heterocycles. The van der Waals surface area contributed by atoms with E-state index in [2.05, 4.69) is 10.6 Å². The molecule has 30 heavy (non-hydrogen) atoms. The maximum absolute atomic E-state index is 12.5. The summed E-state index contributed by atoms with van der Waals surface area (Å²) in [6, 6.07) is 12.9. The van der Waals surface area contributed by atoms with Crippen molar-refractivity contribution in [3.8, 4) is 0 Å². The number of aliphatic carboxylic acids is 1. The average molecular weight is 435 g/mol. The predicted octanol–water partition coefficient (Wildman–Crippen LogP) is 2.13. The number of hydrogen-bond acceptors (Lipinski definition) is 5. The standard InChI is InChI=1S/C21H23ClN2O6/c1-13(25)18(24-21(29)30-12-14-7-3-2-4-8-14)19(26)23-17(20(27)28)11-15-9-5-6-10-16(15)22/h2-10,13,17-18,25H,11-12H2,1H3,(H,23,26)(H,24,29)(H,27,28)/t13-,17+,18+/m1/s1. The number of ether oxygens (including phenoxy) is 1. The van der Waals surface area contributed by atoms with Crippen molar-refractivity contribution in [3.05, 3.63) is 70.7 Å². The smallest absolute Gasteiger partial charge is 0.408 e. The predicted molar refractivity (Wildman–Crippen MR) is 110 cm³/mol. The van der Waals surface area contributed by atoms with Crippen molar-refractivity contribution in [1.82, 2.24) is 10.6 Å². The molecule has 2 amide bonds. The van der Waals surface area contributed by atoms with E-state index in [1.54, 1.807) is 48.5 Å². The van der Waals surface area contributed by atoms with Crippen LogP contribution in [0.2, 0.25) is 5.02 Å². The van der Waals surface area contributed by atoms with E-state index in [0.717, 1.165) is 5.56 Å². The number of carbonyl (C=O) groups is 3. The molecule has 2 aromatic rings. The largest absolute Gasteiger partial charge is 0.480 e. The molecule has 2 rings (SSSR count). The number of carboxylic acid groups (broad SMARTS) is 1. The van der Waals surface area contributed by atoms with Gasteiger partial charge < -0.3 is 25.6 Å². The Morgan fingerprint density at radius 3 is 2.27 bits per heavy atom. The van der Waals surface area contributed by atoms with Crippen LogP contribution in [0, 0.1) is 0 Å². The van der Waals surface area contributed by atoms with Crippen LogP contribution in [0.5, 0.6) is 0 Å². The Bertz CT molecular complexity index is 875. The first-order valence-corrected chi connectivity index (χ1v) is 9.57. The molecule has 0 spiro atoms. The number of carbonyl (C=O) groups excluding carboxylic acids is 2. The lowest BCUT2D eigenvalue weighted by molar-refractivity contribution is -0.142. The minimum Gasteiger partial charge on any atom is -0.480 e. The van der Waals surface area contributed by atoms with Crippen molar-refractivity contribution in [2.24, 2.45) is 0 Å². The molecule has 0 aliphatic heterocycles. The molecule has 0 unspecified atom stereocenters. The Balaban J connectivity index is 1.99. The maximum Gasteiger partial charge on any atom is 0.408 e. The summed E-state index contributed by atoms with van der Waals surface area (Å²) in [6.45, 7) is 1.27. The van der Waals surface area contributed by atoms with Gasteiger partial charge in [0.05, 0.1) is 6.10 Å². The minimum absolute atomic E-state index is 0.0227. The van der Waals surface area contributed by atoms with Gasteiger partial charge in [0.1, 0.15) is 18.7 Å². The number of aliphatic hydroxyl groups is 1. The quantitative estimate of drug-likeness (QED) is 0.479. The molecule has 4 N–H and O–H groups in total. The number of carboxylic acids is 1. The number of aliphatic hydroxyl groups excluding tert-OH is 1. The van der Waals surface area contributed by atoms with Crippen molar-refractivity contribution in [1.29, 1.82) is 0 Å². The van der Waals surface area contributed by atoms with Crippen LogP contribution < -0.4 is 10.6 Å². The van der Waals surface area contributed by atoms with Gasteiger partial charge in [-0.05, 0) is 24.1 Å². The summed E-state index contributed by atoms with van der Waals surface area (Å²) in [5, 5.41) is 24.3. The topological polar surface area (TPSA) is 125 Å². The third-order valence-electron chi connectivity index (χ3n) is 4.25. The highest BCUT2D eigenvalue weighted by atomic mass is 35.5. The van der Waals surface area contributed by atoms with Crippen LogP contribution in [0.15, 0.2) is 54.6 Å². The number of hydrogen-bond donors (Lipinski definition) is 4. The van der Waals surface area contributed by atoms with Gasteiger partial charge in [0.25, 0.3) is 0 Å². The van der Waals surface area contributed by atoms with Crippen LogP contribution >= 0.6 is 11.6 Å². The first-order chi connectivity index (χ1) is 14.3. The lowest BCUT2D eigenvalue weighted by atomic mass is 10.0. The third kappa shape index (κ3) is 7.06. The third-order valence-corrected chi connectivity index (χ3v) is 4.62. The molecular formula is C21H23ClN2O6. The van der Waals surface area contributed by atoms with Crippen LogP contribution in [-0.4, -0.2) is 46.4 Å². The Kier molecular flexibility index (Phi) is 8.64. The summed E-state index contributed by atoms with van der Waals surface area (Å²) in [5.41, 5.74) is 1.28. The highest BCUT2D eigenvalue weighted by Crippen LogP contribution is 2.17. The van der Waals surface area contributed by atoms with E-state index in [1.807, 2.05) is 6.07 Å². The highest BCUT2D eigenvalue weighted by Gasteiger charge is 2.30. The van der Waals surface area contributed by atoms with Gasteiger partial charge in [0.15, 0.2) is 0 Å². The van der Waals surface area contributed by atoms with Gasteiger partial charge in [-0.15, -0.1) is 0 Å². The lowest BCUT2D eigenvalue weighted by Crippen LogP contribution is -2.56. The highest BCUT2D eigenvalue weighted by molar-refractivity contribution is 6.31. The normalized spacial score (nSPS) is 13.6. The molecule has 0 saturated carbocycles. The molecule has 8 nitrogen and oxygen atoms in total. The second kappa shape index (κ2) is 11.2. The zero-order chi connectivity index (χ0) is 22.1. The summed E-state index contributed by atoms with van der Waals surface area (Å²) in [6.07, 6.45) is -2.27. The van der Waals surface area contributed by atoms with E-state index in [0.29, 0.717) is 10.6 Å². The molecule has 0 bridgehead atoms. The number of amides is 2. The van der Waals surface area contributed by atoms with Crippen LogP contribution in [0.25, 0.3) is 0 Å². The molecule has 2 aromatic carbocycles. The first kappa shape index (κ1) is 23.2. The molecule has 3 atom stereocenters. The fourth-order valence-electron chi connectivity index (χ4n) is 2.64. The molecule has 0 fully saturated rings. The average Bonchev–Trinajstić information content (AvgIpc) is 2.71. The summed E-state index contributed by atoms with van der Waals surface area (Å²) in [4.78, 5) is 36.2. The monoisotopic (exact) mass is 434 g/mol. The van der Waals surface area contributed by atoms with E-state index in [1.165, 1.54) is 6.92 Å². The van der Waals surface area contributed by atoms with Crippen LogP contribution in [0.3, 0.4) is 0 Å². The van der Waals surface area contributed by atoms with Gasteiger partial charge in [0, 0.05) is 11.4 Å². The fraction of sp³-hybridized carbons (Fsp3) is 0.286. The summed E-state index contributed by atoms with van der Waals surface area (Å²) >= 11 is 6.06. The number of alkyl carbamates (subject to hydrolysis) is 1. The summed E-state index contributed by atoms with van der Waals surface area (Å²) in [7, 11) is 0. The molecule has 9 heteroatoms. The molecular weight excluding hydrogens is 412 g/mol. The second-order valence-electron chi connectivity index (χ2n) is 6.62. The fourth-order valence-corrected chi connectivity index (χ4v) is 2.86. The SMILES string of the molecule is C[C@@H](O)[C@H](NC(=O)OCc1ccccc1)C(=O)N[C@@H](Cc1ccccc1Cl)C(=O)O.